The highest BCUT2D eigenvalue weighted by Crippen LogP contribution is 2.19. The molecule has 1 aromatic rings. The number of nitriles is 1. The van der Waals surface area contributed by atoms with Gasteiger partial charge in [-0.2, -0.15) is 5.26 Å². The first-order valence-electron chi connectivity index (χ1n) is 6.11. The first-order chi connectivity index (χ1) is 9.85. The van der Waals surface area contributed by atoms with Crippen molar-refractivity contribution in [3.63, 3.8) is 0 Å². The summed E-state index contributed by atoms with van der Waals surface area (Å²) in [7, 11) is 0. The topological polar surface area (TPSA) is 128 Å². The van der Waals surface area contributed by atoms with Crippen LogP contribution in [0.1, 0.15) is 12.5 Å². The second kappa shape index (κ2) is 6.96. The summed E-state index contributed by atoms with van der Waals surface area (Å²) in [5.41, 5.74) is 7.50. The first-order valence-corrected chi connectivity index (χ1v) is 6.11. The number of rotatable bonds is 5. The first kappa shape index (κ1) is 16.0. The number of anilines is 2. The van der Waals surface area contributed by atoms with Crippen LogP contribution in [0.4, 0.5) is 11.4 Å². The van der Waals surface area contributed by atoms with Crippen LogP contribution in [0.3, 0.4) is 0 Å². The summed E-state index contributed by atoms with van der Waals surface area (Å²) in [4.78, 5) is 22.4. The Kier molecular flexibility index (Phi) is 5.31. The van der Waals surface area contributed by atoms with E-state index in [2.05, 4.69) is 10.6 Å². The molecule has 0 saturated heterocycles. The van der Waals surface area contributed by atoms with Crippen LogP contribution in [0.25, 0.3) is 0 Å². The molecule has 1 rings (SSSR count). The molecule has 7 nitrogen and oxygen atoms in total. The summed E-state index contributed by atoms with van der Waals surface area (Å²) in [6.45, 7) is 3.18. The van der Waals surface area contributed by atoms with Crippen LogP contribution in [0.5, 0.6) is 0 Å². The molecule has 1 unspecified atom stereocenters. The zero-order valence-corrected chi connectivity index (χ0v) is 11.7. The van der Waals surface area contributed by atoms with Crippen molar-refractivity contribution < 1.29 is 14.7 Å². The Labute approximate surface area is 122 Å². The molecular weight excluding hydrogens is 272 g/mol. The molecule has 0 heterocycles. The number of carboxylic acids is 1. The van der Waals surface area contributed by atoms with Gasteiger partial charge in [-0.1, -0.05) is 6.07 Å². The zero-order valence-electron chi connectivity index (χ0n) is 11.7. The Hall–Kier alpha value is -3.01. The normalized spacial score (nSPS) is 12.1. The van der Waals surface area contributed by atoms with Gasteiger partial charge in [-0.3, -0.25) is 9.59 Å². The number of aryl methyl sites for hydroxylation is 1. The van der Waals surface area contributed by atoms with Gasteiger partial charge in [0.05, 0.1) is 11.4 Å². The number of hydrogen-bond acceptors (Lipinski definition) is 5. The minimum atomic E-state index is -1.18. The fourth-order valence-electron chi connectivity index (χ4n) is 1.43. The Morgan fingerprint density at radius 1 is 1.48 bits per heavy atom. The summed E-state index contributed by atoms with van der Waals surface area (Å²) in [6, 6.07) is 5.91. The third kappa shape index (κ3) is 4.54. The van der Waals surface area contributed by atoms with Crippen LogP contribution >= 0.6 is 0 Å². The number of nitrogens with two attached hydrogens (primary N) is 1. The molecule has 0 aromatic heterocycles. The van der Waals surface area contributed by atoms with E-state index in [0.717, 1.165) is 5.56 Å². The van der Waals surface area contributed by atoms with Gasteiger partial charge in [0.15, 0.2) is 0 Å². The molecule has 0 saturated carbocycles. The van der Waals surface area contributed by atoms with Crippen LogP contribution in [0.2, 0.25) is 0 Å². The lowest BCUT2D eigenvalue weighted by atomic mass is 10.2. The number of hydrogen-bond donors (Lipinski definition) is 4. The molecule has 0 aliphatic heterocycles. The van der Waals surface area contributed by atoms with Crippen LogP contribution in [0.15, 0.2) is 30.0 Å². The Morgan fingerprint density at radius 2 is 2.14 bits per heavy atom. The number of carbonyl (C=O) groups excluding carboxylic acids is 1. The van der Waals surface area contributed by atoms with Crippen molar-refractivity contribution in [2.24, 2.45) is 0 Å². The van der Waals surface area contributed by atoms with Gasteiger partial charge < -0.3 is 21.5 Å². The molecule has 1 amide bonds. The SMILES string of the molecule is Cc1ccc(N)c(N/C=C(/C#N)C(=O)NC(C)C(=O)O)c1. The van der Waals surface area contributed by atoms with Gasteiger partial charge in [0, 0.05) is 6.20 Å². The largest absolute Gasteiger partial charge is 0.480 e. The molecule has 0 aliphatic rings. The molecule has 1 atom stereocenters. The van der Waals surface area contributed by atoms with Crippen LogP contribution in [-0.2, 0) is 9.59 Å². The summed E-state index contributed by atoms with van der Waals surface area (Å²) >= 11 is 0. The number of aliphatic carboxylic acids is 1. The van der Waals surface area contributed by atoms with Crippen molar-refractivity contribution in [2.45, 2.75) is 19.9 Å². The van der Waals surface area contributed by atoms with Gasteiger partial charge in [0.1, 0.15) is 17.7 Å². The number of nitrogens with one attached hydrogen (secondary N) is 2. The van der Waals surface area contributed by atoms with Crippen LogP contribution < -0.4 is 16.4 Å². The van der Waals surface area contributed by atoms with E-state index in [-0.39, 0.29) is 5.57 Å². The van der Waals surface area contributed by atoms with E-state index in [0.29, 0.717) is 11.4 Å². The lowest BCUT2D eigenvalue weighted by molar-refractivity contribution is -0.140. The molecule has 0 spiro atoms. The van der Waals surface area contributed by atoms with Crippen molar-refractivity contribution in [1.82, 2.24) is 5.32 Å². The highest BCUT2D eigenvalue weighted by atomic mass is 16.4. The van der Waals surface area contributed by atoms with Gasteiger partial charge in [0.2, 0.25) is 0 Å². The third-order valence-corrected chi connectivity index (χ3v) is 2.66. The van der Waals surface area contributed by atoms with E-state index in [1.54, 1.807) is 18.2 Å². The molecule has 110 valence electrons. The molecule has 0 fully saturated rings. The number of benzene rings is 1. The van der Waals surface area contributed by atoms with E-state index in [9.17, 15) is 9.59 Å². The predicted octanol–water partition coefficient (Wildman–Crippen LogP) is 0.986. The minimum Gasteiger partial charge on any atom is -0.480 e. The van der Waals surface area contributed by atoms with Crippen molar-refractivity contribution in [1.29, 1.82) is 5.26 Å². The second-order valence-corrected chi connectivity index (χ2v) is 4.44. The maximum absolute atomic E-state index is 11.7. The van der Waals surface area contributed by atoms with Crippen LogP contribution in [-0.4, -0.2) is 23.0 Å². The Balaban J connectivity index is 2.85. The number of nitrogens with zero attached hydrogens (tertiary/aromatic N) is 1. The number of amides is 1. The standard InChI is InChI=1S/C14H16N4O3/c1-8-3-4-11(16)12(5-8)17-7-10(6-15)13(19)18-9(2)14(20)21/h3-5,7,9,17H,16H2,1-2H3,(H,18,19)(H,20,21)/b10-7-. The van der Waals surface area contributed by atoms with Gasteiger partial charge in [-0.15, -0.1) is 0 Å². The lowest BCUT2D eigenvalue weighted by Gasteiger charge is -2.09. The molecule has 0 radical (unpaired) electrons. The highest BCUT2D eigenvalue weighted by molar-refractivity contribution is 5.99. The Bertz CT molecular complexity index is 632. The zero-order chi connectivity index (χ0) is 16.0. The number of carboxylic acid groups (broad SMARTS) is 1. The van der Waals surface area contributed by atoms with Gasteiger partial charge >= 0.3 is 5.97 Å². The lowest BCUT2D eigenvalue weighted by Crippen LogP contribution is -2.39. The third-order valence-electron chi connectivity index (χ3n) is 2.66. The van der Waals surface area contributed by atoms with E-state index < -0.39 is 17.9 Å². The highest BCUT2D eigenvalue weighted by Gasteiger charge is 2.17. The van der Waals surface area contributed by atoms with Crippen molar-refractivity contribution in [2.75, 3.05) is 11.1 Å². The van der Waals surface area contributed by atoms with E-state index in [4.69, 9.17) is 16.1 Å². The maximum Gasteiger partial charge on any atom is 0.325 e. The summed E-state index contributed by atoms with van der Waals surface area (Å²) in [5, 5.41) is 22.6. The summed E-state index contributed by atoms with van der Waals surface area (Å²) in [5.74, 6) is -1.96. The molecule has 0 bridgehead atoms. The van der Waals surface area contributed by atoms with Gasteiger partial charge in [0.25, 0.3) is 5.91 Å². The fraction of sp³-hybridized carbons (Fsp3) is 0.214. The molecule has 5 N–H and O–H groups in total. The van der Waals surface area contributed by atoms with Crippen molar-refractivity contribution >= 4 is 23.3 Å². The quantitative estimate of drug-likeness (QED) is 0.363. The number of carbonyl (C=O) groups is 2. The second-order valence-electron chi connectivity index (χ2n) is 4.44. The molecular formula is C14H16N4O3. The minimum absolute atomic E-state index is 0.246. The summed E-state index contributed by atoms with van der Waals surface area (Å²) < 4.78 is 0. The molecule has 1 aromatic carbocycles. The van der Waals surface area contributed by atoms with Crippen LogP contribution in [0, 0.1) is 18.3 Å². The average molecular weight is 288 g/mol. The van der Waals surface area contributed by atoms with E-state index >= 15 is 0 Å². The summed E-state index contributed by atoms with van der Waals surface area (Å²) in [6.07, 6.45) is 1.19. The van der Waals surface area contributed by atoms with Crippen molar-refractivity contribution in [3.05, 3.63) is 35.5 Å². The molecule has 21 heavy (non-hydrogen) atoms. The monoisotopic (exact) mass is 288 g/mol. The molecule has 7 heteroatoms. The smallest absolute Gasteiger partial charge is 0.325 e. The number of nitrogen functional groups attached to an aromatic ring is 1. The Morgan fingerprint density at radius 3 is 2.71 bits per heavy atom. The predicted molar refractivity (Wildman–Crippen MR) is 78.2 cm³/mol. The van der Waals surface area contributed by atoms with Gasteiger partial charge in [-0.25, -0.2) is 0 Å². The van der Waals surface area contributed by atoms with E-state index in [1.807, 2.05) is 13.0 Å². The van der Waals surface area contributed by atoms with Gasteiger partial charge in [-0.05, 0) is 31.5 Å². The van der Waals surface area contributed by atoms with E-state index in [1.165, 1.54) is 13.1 Å². The molecule has 0 aliphatic carbocycles. The average Bonchev–Trinajstić information content (AvgIpc) is 2.42. The maximum atomic E-state index is 11.7. The van der Waals surface area contributed by atoms with Crippen molar-refractivity contribution in [3.8, 4) is 6.07 Å². The fourth-order valence-corrected chi connectivity index (χ4v) is 1.43.